The zero-order valence-electron chi connectivity index (χ0n) is 9.10. The lowest BCUT2D eigenvalue weighted by Crippen LogP contribution is -1.80. The molecule has 14 heavy (non-hydrogen) atoms. The molecule has 0 unspecified atom stereocenters. The van der Waals surface area contributed by atoms with Crippen molar-refractivity contribution in [2.75, 3.05) is 0 Å². The largest absolute Gasteiger partial charge is 0.276 e. The maximum Gasteiger partial charge on any atom is 0.244 e. The number of allylic oxidation sites excluding steroid dienone is 2. The summed E-state index contributed by atoms with van der Waals surface area (Å²) < 4.78 is 0. The Morgan fingerprint density at radius 1 is 1.07 bits per heavy atom. The van der Waals surface area contributed by atoms with Crippen LogP contribution >= 0.6 is 11.6 Å². The van der Waals surface area contributed by atoms with Crippen LogP contribution in [-0.4, -0.2) is 5.24 Å². The molecule has 0 atom stereocenters. The van der Waals surface area contributed by atoms with Crippen LogP contribution in [0.1, 0.15) is 58.3 Å². The third-order valence-electron chi connectivity index (χ3n) is 2.22. The Morgan fingerprint density at radius 2 is 1.64 bits per heavy atom. The number of unbranched alkanes of at least 4 members (excludes halogenated alkanes) is 7. The maximum atomic E-state index is 10.3. The van der Waals surface area contributed by atoms with E-state index >= 15 is 0 Å². The monoisotopic (exact) mass is 216 g/mol. The van der Waals surface area contributed by atoms with Crippen molar-refractivity contribution in [3.63, 3.8) is 0 Å². The van der Waals surface area contributed by atoms with E-state index in [2.05, 4.69) is 6.92 Å². The van der Waals surface area contributed by atoms with Gasteiger partial charge < -0.3 is 0 Å². The molecule has 0 aromatic rings. The Kier molecular flexibility index (Phi) is 10.5. The minimum Gasteiger partial charge on any atom is -0.276 e. The molecular weight excluding hydrogens is 196 g/mol. The summed E-state index contributed by atoms with van der Waals surface area (Å²) >= 11 is 5.15. The summed E-state index contributed by atoms with van der Waals surface area (Å²) in [5.41, 5.74) is 0. The van der Waals surface area contributed by atoms with Crippen LogP contribution in [0.25, 0.3) is 0 Å². The molecule has 0 rings (SSSR count). The molecule has 0 spiro atoms. The molecule has 0 heterocycles. The Balaban J connectivity index is 3.02. The molecule has 0 aliphatic carbocycles. The molecule has 0 bridgehead atoms. The van der Waals surface area contributed by atoms with E-state index in [9.17, 15) is 4.79 Å². The summed E-state index contributed by atoms with van der Waals surface area (Å²) in [4.78, 5) is 10.3. The number of carbonyl (C=O) groups excluding carboxylic acids is 1. The van der Waals surface area contributed by atoms with Crippen LogP contribution in [0.4, 0.5) is 0 Å². The van der Waals surface area contributed by atoms with Crippen LogP contribution in [-0.2, 0) is 4.79 Å². The van der Waals surface area contributed by atoms with Crippen LogP contribution in [0.3, 0.4) is 0 Å². The summed E-state index contributed by atoms with van der Waals surface area (Å²) in [6, 6.07) is 0. The lowest BCUT2D eigenvalue weighted by Gasteiger charge is -1.98. The van der Waals surface area contributed by atoms with Crippen molar-refractivity contribution < 1.29 is 4.79 Å². The molecule has 0 aromatic heterocycles. The van der Waals surface area contributed by atoms with Gasteiger partial charge in [-0.3, -0.25) is 4.79 Å². The van der Waals surface area contributed by atoms with E-state index in [0.29, 0.717) is 0 Å². The number of halogens is 1. The molecule has 2 heteroatoms. The van der Waals surface area contributed by atoms with E-state index in [1.54, 1.807) is 0 Å². The number of rotatable bonds is 9. The Bertz CT molecular complexity index is 164. The van der Waals surface area contributed by atoms with Crippen LogP contribution in [0.2, 0.25) is 0 Å². The van der Waals surface area contributed by atoms with Crippen LogP contribution in [0, 0.1) is 0 Å². The van der Waals surface area contributed by atoms with Gasteiger partial charge in [-0.05, 0) is 30.5 Å². The summed E-state index contributed by atoms with van der Waals surface area (Å²) in [6.07, 6.45) is 13.4. The van der Waals surface area contributed by atoms with Gasteiger partial charge in [-0.15, -0.1) is 0 Å². The number of carbonyl (C=O) groups is 1. The first kappa shape index (κ1) is 13.7. The van der Waals surface area contributed by atoms with Gasteiger partial charge in [-0.25, -0.2) is 0 Å². The van der Waals surface area contributed by atoms with E-state index in [-0.39, 0.29) is 5.24 Å². The van der Waals surface area contributed by atoms with Gasteiger partial charge in [0.05, 0.1) is 0 Å². The minimum absolute atomic E-state index is 0.368. The van der Waals surface area contributed by atoms with E-state index in [1.165, 1.54) is 51.0 Å². The summed E-state index contributed by atoms with van der Waals surface area (Å²) in [6.45, 7) is 2.23. The van der Waals surface area contributed by atoms with Gasteiger partial charge in [-0.2, -0.15) is 0 Å². The second kappa shape index (κ2) is 10.8. The molecular formula is C12H21ClO. The summed E-state index contributed by atoms with van der Waals surface area (Å²) in [5, 5.41) is -0.368. The van der Waals surface area contributed by atoms with Crippen molar-refractivity contribution in [2.24, 2.45) is 0 Å². The number of hydrogen-bond donors (Lipinski definition) is 0. The summed E-state index contributed by atoms with van der Waals surface area (Å²) in [7, 11) is 0. The standard InChI is InChI=1S/C12H21ClO/c1-2-3-4-5-6-7-8-9-10-11-12(13)14/h10-11H,2-9H2,1H3/b11-10+. The first-order valence-corrected chi connectivity index (χ1v) is 6.01. The van der Waals surface area contributed by atoms with Gasteiger partial charge in [0.25, 0.3) is 0 Å². The van der Waals surface area contributed by atoms with Crippen LogP contribution in [0.15, 0.2) is 12.2 Å². The lowest BCUT2D eigenvalue weighted by atomic mass is 10.1. The Hall–Kier alpha value is -0.300. The fraction of sp³-hybridized carbons (Fsp3) is 0.750. The zero-order chi connectivity index (χ0) is 10.6. The van der Waals surface area contributed by atoms with Crippen LogP contribution < -0.4 is 0 Å². The second-order valence-electron chi connectivity index (χ2n) is 3.62. The van der Waals surface area contributed by atoms with E-state index in [1.807, 2.05) is 6.08 Å². The molecule has 0 aromatic carbocycles. The molecule has 0 saturated heterocycles. The first-order valence-electron chi connectivity index (χ1n) is 5.63. The number of hydrogen-bond acceptors (Lipinski definition) is 1. The highest BCUT2D eigenvalue weighted by molar-refractivity contribution is 6.66. The van der Waals surface area contributed by atoms with Gasteiger partial charge >= 0.3 is 0 Å². The third-order valence-corrected chi connectivity index (χ3v) is 2.35. The summed E-state index contributed by atoms with van der Waals surface area (Å²) in [5.74, 6) is 0. The molecule has 0 radical (unpaired) electrons. The molecule has 0 N–H and O–H groups in total. The highest BCUT2D eigenvalue weighted by Crippen LogP contribution is 2.08. The maximum absolute atomic E-state index is 10.3. The minimum atomic E-state index is -0.368. The molecule has 0 aliphatic rings. The van der Waals surface area contributed by atoms with E-state index in [0.717, 1.165) is 6.42 Å². The van der Waals surface area contributed by atoms with E-state index in [4.69, 9.17) is 11.6 Å². The van der Waals surface area contributed by atoms with Gasteiger partial charge in [-0.1, -0.05) is 51.5 Å². The second-order valence-corrected chi connectivity index (χ2v) is 3.99. The first-order chi connectivity index (χ1) is 6.77. The van der Waals surface area contributed by atoms with Gasteiger partial charge in [0.2, 0.25) is 5.24 Å². The predicted molar refractivity (Wildman–Crippen MR) is 62.6 cm³/mol. The highest BCUT2D eigenvalue weighted by Gasteiger charge is 1.90. The van der Waals surface area contributed by atoms with Gasteiger partial charge in [0.15, 0.2) is 0 Å². The molecule has 1 nitrogen and oxygen atoms in total. The molecule has 0 saturated carbocycles. The molecule has 82 valence electrons. The fourth-order valence-corrected chi connectivity index (χ4v) is 1.48. The molecule has 0 amide bonds. The average Bonchev–Trinajstić information content (AvgIpc) is 2.15. The lowest BCUT2D eigenvalue weighted by molar-refractivity contribution is -0.107. The molecule has 0 fully saturated rings. The van der Waals surface area contributed by atoms with Crippen molar-refractivity contribution in [2.45, 2.75) is 58.3 Å². The molecule has 0 aliphatic heterocycles. The SMILES string of the molecule is CCCCCCCCC/C=C/C(=O)Cl. The topological polar surface area (TPSA) is 17.1 Å². The zero-order valence-corrected chi connectivity index (χ0v) is 9.85. The van der Waals surface area contributed by atoms with E-state index < -0.39 is 0 Å². The van der Waals surface area contributed by atoms with Gasteiger partial charge in [0, 0.05) is 0 Å². The highest BCUT2D eigenvalue weighted by atomic mass is 35.5. The van der Waals surface area contributed by atoms with Crippen molar-refractivity contribution in [3.05, 3.63) is 12.2 Å². The predicted octanol–water partition coefficient (Wildman–Crippen LogP) is 4.45. The normalized spacial score (nSPS) is 11.0. The van der Waals surface area contributed by atoms with Crippen LogP contribution in [0.5, 0.6) is 0 Å². The average molecular weight is 217 g/mol. The van der Waals surface area contributed by atoms with Crippen molar-refractivity contribution >= 4 is 16.8 Å². The van der Waals surface area contributed by atoms with Crippen molar-refractivity contribution in [1.29, 1.82) is 0 Å². The quantitative estimate of drug-likeness (QED) is 0.316. The van der Waals surface area contributed by atoms with Crippen molar-refractivity contribution in [3.8, 4) is 0 Å². The smallest absolute Gasteiger partial charge is 0.244 e. The Labute approximate surface area is 92.5 Å². The third kappa shape index (κ3) is 11.7. The van der Waals surface area contributed by atoms with Gasteiger partial charge in [0.1, 0.15) is 0 Å². The fourth-order valence-electron chi connectivity index (χ4n) is 1.40. The van der Waals surface area contributed by atoms with Crippen molar-refractivity contribution in [1.82, 2.24) is 0 Å². The Morgan fingerprint density at radius 3 is 2.21 bits per heavy atom.